The average molecular weight is 389 g/mol. The van der Waals surface area contributed by atoms with Crippen LogP contribution in [0.5, 0.6) is 0 Å². The van der Waals surface area contributed by atoms with Gasteiger partial charge < -0.3 is 19.2 Å². The van der Waals surface area contributed by atoms with Crippen LogP contribution < -0.4 is 0 Å². The molecule has 0 aliphatic heterocycles. The molecule has 0 heterocycles. The Kier molecular flexibility index (Phi) is 12.1. The summed E-state index contributed by atoms with van der Waals surface area (Å²) in [4.78, 5) is 43.5. The van der Waals surface area contributed by atoms with Gasteiger partial charge in [-0.1, -0.05) is 36.4 Å². The van der Waals surface area contributed by atoms with Crippen LogP contribution >= 0.6 is 0 Å². The number of carbonyl (C=O) groups excluding carboxylic acids is 4. The van der Waals surface area contributed by atoms with E-state index in [-0.39, 0.29) is 23.1 Å². The second-order valence-corrected chi connectivity index (χ2v) is 4.97. The van der Waals surface area contributed by atoms with Gasteiger partial charge in [0.1, 0.15) is 0 Å². The molecule has 26 heavy (non-hydrogen) atoms. The van der Waals surface area contributed by atoms with Gasteiger partial charge in [0.15, 0.2) is 0 Å². The summed E-state index contributed by atoms with van der Waals surface area (Å²) in [6, 6.07) is 17.4. The molecule has 133 valence electrons. The monoisotopic (exact) mass is 389 g/mol. The molecule has 0 aromatic heterocycles. The fourth-order valence-corrected chi connectivity index (χ4v) is 1.74. The van der Waals surface area contributed by atoms with E-state index in [0.29, 0.717) is 11.1 Å². The van der Waals surface area contributed by atoms with Gasteiger partial charge in [-0.15, -0.1) is 48.2 Å². The molecule has 0 unspecified atom stereocenters. The number of hydrogen-bond donors (Lipinski definition) is 0. The van der Waals surface area contributed by atoms with Crippen molar-refractivity contribution in [3.8, 4) is 0 Å². The van der Waals surface area contributed by atoms with Crippen molar-refractivity contribution in [1.29, 1.82) is 0 Å². The van der Waals surface area contributed by atoms with Crippen molar-refractivity contribution in [2.24, 2.45) is 0 Å². The van der Waals surface area contributed by atoms with Gasteiger partial charge in [0.05, 0.1) is 11.6 Å². The molecule has 0 fully saturated rings. The molecule has 0 radical (unpaired) electrons. The van der Waals surface area contributed by atoms with Crippen LogP contribution in [0, 0.1) is 12.8 Å². The van der Waals surface area contributed by atoms with Crippen LogP contribution in [0.15, 0.2) is 60.7 Å². The fraction of sp³-hybridized carbons (Fsp3) is 0.100. The van der Waals surface area contributed by atoms with E-state index < -0.39 is 0 Å². The molecule has 2 aromatic rings. The summed E-state index contributed by atoms with van der Waals surface area (Å²) in [5.41, 5.74) is 1.10. The first kappa shape index (κ1) is 23.2. The Hall–Kier alpha value is -2.76. The summed E-state index contributed by atoms with van der Waals surface area (Å²) in [6.45, 7) is 2.72. The summed E-state index contributed by atoms with van der Waals surface area (Å²) in [5.74, 6) is -0.904. The van der Waals surface area contributed by atoms with Crippen molar-refractivity contribution in [1.82, 2.24) is 0 Å². The Balaban J connectivity index is 0.000000439. The quantitative estimate of drug-likeness (QED) is 0.430. The molecule has 2 aromatic carbocycles. The van der Waals surface area contributed by atoms with Crippen molar-refractivity contribution < 1.29 is 40.2 Å². The molecule has 2 rings (SSSR count). The molecule has 0 amide bonds. The second-order valence-electron chi connectivity index (χ2n) is 4.97. The molecule has 0 N–H and O–H groups in total. The molecule has 5 nitrogen and oxygen atoms in total. The van der Waals surface area contributed by atoms with Gasteiger partial charge in [0, 0.05) is 11.6 Å². The Morgan fingerprint density at radius 3 is 1.12 bits per heavy atom. The minimum atomic E-state index is -0.233. The SMILES string of the molecule is CC(=O)[CH-]C(=O)c1ccccc1.CC(=O)[CH-]C(=O)c1ccccc1.[O]=[V+2]. The molecule has 0 spiro atoms. The first-order chi connectivity index (χ1) is 12.4. The number of benzene rings is 2. The molecule has 0 atom stereocenters. The summed E-state index contributed by atoms with van der Waals surface area (Å²) >= 11 is 1.06. The summed E-state index contributed by atoms with van der Waals surface area (Å²) < 4.78 is 8.19. The zero-order valence-corrected chi connectivity index (χ0v) is 15.8. The predicted octanol–water partition coefficient (Wildman–Crippen LogP) is 3.20. The maximum atomic E-state index is 11.2. The van der Waals surface area contributed by atoms with Gasteiger partial charge in [-0.2, -0.15) is 0 Å². The van der Waals surface area contributed by atoms with E-state index >= 15 is 0 Å². The molecule has 0 saturated heterocycles. The van der Waals surface area contributed by atoms with Gasteiger partial charge in [0.2, 0.25) is 0 Å². The zero-order valence-electron chi connectivity index (χ0n) is 14.4. The molecular formula is C20H18O5V. The van der Waals surface area contributed by atoms with E-state index in [2.05, 4.69) is 0 Å². The van der Waals surface area contributed by atoms with Gasteiger partial charge in [0.25, 0.3) is 0 Å². The van der Waals surface area contributed by atoms with Crippen LogP contribution in [-0.4, -0.2) is 23.1 Å². The number of Topliss-reactive ketones (excluding diaryl/α,β-unsaturated/α-hetero) is 4. The van der Waals surface area contributed by atoms with Crippen LogP contribution in [0.1, 0.15) is 34.6 Å². The van der Waals surface area contributed by atoms with Crippen LogP contribution in [0.2, 0.25) is 0 Å². The van der Waals surface area contributed by atoms with Crippen molar-refractivity contribution in [3.63, 3.8) is 0 Å². The Labute approximate surface area is 162 Å². The van der Waals surface area contributed by atoms with E-state index in [1.54, 1.807) is 48.5 Å². The van der Waals surface area contributed by atoms with E-state index in [0.717, 1.165) is 30.2 Å². The zero-order chi connectivity index (χ0) is 19.9. The molecule has 0 aliphatic carbocycles. The van der Waals surface area contributed by atoms with Crippen LogP contribution in [0.4, 0.5) is 0 Å². The first-order valence-corrected chi connectivity index (χ1v) is 8.05. The third kappa shape index (κ3) is 10.2. The Morgan fingerprint density at radius 1 is 0.615 bits per heavy atom. The number of ketones is 4. The Morgan fingerprint density at radius 2 is 0.885 bits per heavy atom. The average Bonchev–Trinajstić information content (AvgIpc) is 2.64. The van der Waals surface area contributed by atoms with Crippen molar-refractivity contribution in [3.05, 3.63) is 84.6 Å². The van der Waals surface area contributed by atoms with Crippen molar-refractivity contribution >= 4 is 23.1 Å². The van der Waals surface area contributed by atoms with E-state index in [1.807, 2.05) is 12.1 Å². The van der Waals surface area contributed by atoms with Gasteiger partial charge >= 0.3 is 21.0 Å². The molecular weight excluding hydrogens is 371 g/mol. The minimum absolute atomic E-state index is 0.219. The summed E-state index contributed by atoms with van der Waals surface area (Å²) in [7, 11) is 0. The maximum absolute atomic E-state index is 11.2. The van der Waals surface area contributed by atoms with Crippen LogP contribution in [0.25, 0.3) is 0 Å². The number of rotatable bonds is 6. The van der Waals surface area contributed by atoms with Crippen LogP contribution in [-0.2, 0) is 30.6 Å². The van der Waals surface area contributed by atoms with E-state index in [1.165, 1.54) is 13.8 Å². The molecule has 0 bridgehead atoms. The van der Waals surface area contributed by atoms with Gasteiger partial charge in [-0.3, -0.25) is 0 Å². The van der Waals surface area contributed by atoms with Crippen LogP contribution in [0.3, 0.4) is 0 Å². The third-order valence-corrected chi connectivity index (χ3v) is 2.79. The fourth-order valence-electron chi connectivity index (χ4n) is 1.74. The third-order valence-electron chi connectivity index (χ3n) is 2.79. The second kappa shape index (κ2) is 13.5. The summed E-state index contributed by atoms with van der Waals surface area (Å²) in [5, 5.41) is 0. The molecule has 0 saturated carbocycles. The number of hydrogen-bond acceptors (Lipinski definition) is 5. The van der Waals surface area contributed by atoms with Gasteiger partial charge in [-0.25, -0.2) is 0 Å². The predicted molar refractivity (Wildman–Crippen MR) is 92.2 cm³/mol. The topological polar surface area (TPSA) is 85.3 Å². The molecule has 0 aliphatic rings. The first-order valence-electron chi connectivity index (χ1n) is 7.48. The number of carbonyl (C=O) groups is 4. The van der Waals surface area contributed by atoms with E-state index in [4.69, 9.17) is 3.67 Å². The van der Waals surface area contributed by atoms with Crippen molar-refractivity contribution in [2.45, 2.75) is 13.8 Å². The van der Waals surface area contributed by atoms with Crippen molar-refractivity contribution in [2.75, 3.05) is 0 Å². The Bertz CT molecular complexity index is 663. The van der Waals surface area contributed by atoms with E-state index in [9.17, 15) is 19.2 Å². The standard InChI is InChI=1S/2C10H9O2.O.V/c2*1-8(11)7-10(12)9-5-3-2-4-6-9;;/h2*2-7H,1H3;;/q2*-1;;+2. The van der Waals surface area contributed by atoms with Gasteiger partial charge in [-0.05, 0) is 13.8 Å². The normalized spacial score (nSPS) is 8.62. The summed E-state index contributed by atoms with van der Waals surface area (Å²) in [6.07, 6.45) is 2.19. The molecule has 6 heteroatoms.